The molecule has 4 amide bonds. The molecular formula is C14H13BrFN3O5. The van der Waals surface area contributed by atoms with Gasteiger partial charge in [0.25, 0.3) is 11.8 Å². The van der Waals surface area contributed by atoms with E-state index < -0.39 is 42.8 Å². The molecule has 1 aliphatic rings. The number of hydrogen-bond donors (Lipinski definition) is 1. The number of rotatable bonds is 5. The van der Waals surface area contributed by atoms with Crippen LogP contribution in [0.2, 0.25) is 0 Å². The minimum atomic E-state index is -0.918. The zero-order valence-electron chi connectivity index (χ0n) is 12.5. The fourth-order valence-electron chi connectivity index (χ4n) is 1.92. The summed E-state index contributed by atoms with van der Waals surface area (Å²) in [5.41, 5.74) is -0.0641. The maximum Gasteiger partial charge on any atom is 0.327 e. The Bertz CT molecular complexity index is 712. The van der Waals surface area contributed by atoms with Crippen molar-refractivity contribution < 1.29 is 28.3 Å². The number of anilines is 1. The second kappa shape index (κ2) is 7.39. The molecule has 1 aromatic rings. The van der Waals surface area contributed by atoms with E-state index in [0.717, 1.165) is 9.80 Å². The van der Waals surface area contributed by atoms with Gasteiger partial charge in [-0.15, -0.1) is 0 Å². The minimum Gasteiger partial charge on any atom is -0.454 e. The average Bonchev–Trinajstić information content (AvgIpc) is 2.74. The maximum atomic E-state index is 13.6. The van der Waals surface area contributed by atoms with Gasteiger partial charge in [0.15, 0.2) is 6.61 Å². The van der Waals surface area contributed by atoms with Crippen LogP contribution in [0.5, 0.6) is 0 Å². The number of carbonyl (C=O) groups excluding carboxylic acids is 4. The van der Waals surface area contributed by atoms with E-state index in [-0.39, 0.29) is 12.2 Å². The van der Waals surface area contributed by atoms with E-state index in [1.165, 1.54) is 25.2 Å². The summed E-state index contributed by atoms with van der Waals surface area (Å²) in [5.74, 6) is -2.85. The molecule has 1 aliphatic heterocycles. The summed E-state index contributed by atoms with van der Waals surface area (Å²) in [6.07, 6.45) is 0. The molecule has 0 aliphatic carbocycles. The van der Waals surface area contributed by atoms with Gasteiger partial charge in [0.05, 0.1) is 5.69 Å². The van der Waals surface area contributed by atoms with Gasteiger partial charge >= 0.3 is 12.0 Å². The third kappa shape index (κ3) is 4.28. The zero-order valence-corrected chi connectivity index (χ0v) is 14.1. The molecule has 1 fully saturated rings. The molecule has 128 valence electrons. The number of nitrogens with one attached hydrogen (secondary N) is 1. The molecule has 0 atom stereocenters. The van der Waals surface area contributed by atoms with Gasteiger partial charge in [-0.2, -0.15) is 0 Å². The van der Waals surface area contributed by atoms with Crippen molar-refractivity contribution in [2.24, 2.45) is 0 Å². The quantitative estimate of drug-likeness (QED) is 0.585. The van der Waals surface area contributed by atoms with Crippen molar-refractivity contribution in [3.63, 3.8) is 0 Å². The molecule has 0 radical (unpaired) electrons. The molecule has 0 unspecified atom stereocenters. The van der Waals surface area contributed by atoms with Gasteiger partial charge in [0.1, 0.15) is 18.9 Å². The van der Waals surface area contributed by atoms with Gasteiger partial charge in [-0.05, 0) is 18.2 Å². The second-order valence-electron chi connectivity index (χ2n) is 4.95. The molecule has 0 aromatic heterocycles. The molecule has 0 spiro atoms. The van der Waals surface area contributed by atoms with Crippen molar-refractivity contribution in [2.75, 3.05) is 32.1 Å². The Morgan fingerprint density at radius 3 is 2.67 bits per heavy atom. The minimum absolute atomic E-state index is 0.0641. The van der Waals surface area contributed by atoms with Crippen molar-refractivity contribution in [3.05, 3.63) is 28.5 Å². The lowest BCUT2D eigenvalue weighted by atomic mass is 10.3. The molecule has 0 saturated carbocycles. The molecular weight excluding hydrogens is 389 g/mol. The largest absolute Gasteiger partial charge is 0.454 e. The highest BCUT2D eigenvalue weighted by Gasteiger charge is 2.35. The van der Waals surface area contributed by atoms with E-state index in [1.807, 2.05) is 0 Å². The first-order valence-corrected chi connectivity index (χ1v) is 7.53. The van der Waals surface area contributed by atoms with Crippen molar-refractivity contribution in [1.29, 1.82) is 0 Å². The molecule has 2 rings (SSSR count). The fourth-order valence-corrected chi connectivity index (χ4v) is 2.26. The number of esters is 1. The summed E-state index contributed by atoms with van der Waals surface area (Å²) < 4.78 is 18.8. The van der Waals surface area contributed by atoms with Crippen LogP contribution in [0.1, 0.15) is 0 Å². The van der Waals surface area contributed by atoms with Crippen molar-refractivity contribution in [1.82, 2.24) is 9.80 Å². The number of amides is 4. The molecule has 10 heteroatoms. The number of likely N-dealkylation sites (N-methyl/N-ethyl adjacent to an activating group) is 1. The molecule has 8 nitrogen and oxygen atoms in total. The van der Waals surface area contributed by atoms with E-state index >= 15 is 0 Å². The highest BCUT2D eigenvalue weighted by Crippen LogP contribution is 2.19. The van der Waals surface area contributed by atoms with Gasteiger partial charge in [-0.1, -0.05) is 15.9 Å². The van der Waals surface area contributed by atoms with Gasteiger partial charge < -0.3 is 15.0 Å². The van der Waals surface area contributed by atoms with Gasteiger partial charge in [0.2, 0.25) is 0 Å². The third-order valence-electron chi connectivity index (χ3n) is 3.09. The fraction of sp³-hybridized carbons (Fsp3) is 0.286. The Hall–Kier alpha value is -2.49. The molecule has 0 bridgehead atoms. The lowest BCUT2D eigenvalue weighted by Crippen LogP contribution is -2.37. The van der Waals surface area contributed by atoms with E-state index in [4.69, 9.17) is 0 Å². The number of nitrogens with zero attached hydrogens (tertiary/aromatic N) is 2. The Morgan fingerprint density at radius 2 is 2.08 bits per heavy atom. The number of carbonyl (C=O) groups is 4. The highest BCUT2D eigenvalue weighted by atomic mass is 79.9. The summed E-state index contributed by atoms with van der Waals surface area (Å²) in [4.78, 5) is 48.2. The van der Waals surface area contributed by atoms with E-state index in [2.05, 4.69) is 26.0 Å². The van der Waals surface area contributed by atoms with Crippen LogP contribution in [0.25, 0.3) is 0 Å². The average molecular weight is 402 g/mol. The Morgan fingerprint density at radius 1 is 1.38 bits per heavy atom. The van der Waals surface area contributed by atoms with Crippen LogP contribution in [0.3, 0.4) is 0 Å². The smallest absolute Gasteiger partial charge is 0.327 e. The van der Waals surface area contributed by atoms with Crippen LogP contribution < -0.4 is 5.32 Å². The third-order valence-corrected chi connectivity index (χ3v) is 3.58. The number of ether oxygens (including phenoxy) is 1. The number of benzene rings is 1. The van der Waals surface area contributed by atoms with Crippen LogP contribution in [0.15, 0.2) is 22.7 Å². The molecule has 1 N–H and O–H groups in total. The standard InChI is InChI=1S/C14H13BrFN3O5/c1-18-5-12(21)19(14(18)23)6-13(22)24-7-11(20)17-10-3-2-8(15)4-9(10)16/h2-4H,5-7H2,1H3,(H,17,20). The van der Waals surface area contributed by atoms with E-state index in [9.17, 15) is 23.6 Å². The number of imide groups is 1. The molecule has 24 heavy (non-hydrogen) atoms. The maximum absolute atomic E-state index is 13.6. The zero-order chi connectivity index (χ0) is 17.9. The lowest BCUT2D eigenvalue weighted by molar-refractivity contribution is -0.149. The SMILES string of the molecule is CN1CC(=O)N(CC(=O)OCC(=O)Nc2ccc(Br)cc2F)C1=O. The topological polar surface area (TPSA) is 96.0 Å². The predicted octanol–water partition coefficient (Wildman–Crippen LogP) is 0.964. The Balaban J connectivity index is 1.82. The first-order chi connectivity index (χ1) is 11.3. The summed E-state index contributed by atoms with van der Waals surface area (Å²) in [7, 11) is 1.42. The molecule has 1 saturated heterocycles. The summed E-state index contributed by atoms with van der Waals surface area (Å²) in [5, 5.41) is 2.24. The van der Waals surface area contributed by atoms with Crippen molar-refractivity contribution >= 4 is 45.4 Å². The van der Waals surface area contributed by atoms with Gasteiger partial charge in [-0.25, -0.2) is 9.18 Å². The van der Waals surface area contributed by atoms with E-state index in [0.29, 0.717) is 4.47 Å². The summed E-state index contributed by atoms with van der Waals surface area (Å²) in [6.45, 7) is -1.36. The Labute approximate surface area is 144 Å². The second-order valence-corrected chi connectivity index (χ2v) is 5.87. The van der Waals surface area contributed by atoms with Gasteiger partial charge in [-0.3, -0.25) is 19.3 Å². The predicted molar refractivity (Wildman–Crippen MR) is 83.4 cm³/mol. The van der Waals surface area contributed by atoms with E-state index in [1.54, 1.807) is 0 Å². The molecule has 1 heterocycles. The Kier molecular flexibility index (Phi) is 5.50. The number of halogens is 2. The normalized spacial score (nSPS) is 14.1. The first kappa shape index (κ1) is 17.9. The summed E-state index contributed by atoms with van der Waals surface area (Å²) in [6, 6.07) is 3.43. The lowest BCUT2D eigenvalue weighted by Gasteiger charge is -2.13. The van der Waals surface area contributed by atoms with Crippen LogP contribution in [-0.2, 0) is 19.1 Å². The van der Waals surface area contributed by atoms with Gasteiger partial charge in [0, 0.05) is 11.5 Å². The summed E-state index contributed by atoms with van der Waals surface area (Å²) >= 11 is 3.08. The van der Waals surface area contributed by atoms with Crippen molar-refractivity contribution in [3.8, 4) is 0 Å². The number of urea groups is 1. The number of hydrogen-bond acceptors (Lipinski definition) is 5. The highest BCUT2D eigenvalue weighted by molar-refractivity contribution is 9.10. The first-order valence-electron chi connectivity index (χ1n) is 6.74. The monoisotopic (exact) mass is 401 g/mol. The van der Waals surface area contributed by atoms with Crippen LogP contribution >= 0.6 is 15.9 Å². The molecule has 1 aromatic carbocycles. The van der Waals surface area contributed by atoms with Crippen LogP contribution in [0.4, 0.5) is 14.9 Å². The van der Waals surface area contributed by atoms with Crippen LogP contribution in [-0.4, -0.2) is 60.4 Å². The van der Waals surface area contributed by atoms with Crippen LogP contribution in [0, 0.1) is 5.82 Å². The van der Waals surface area contributed by atoms with Crippen molar-refractivity contribution in [2.45, 2.75) is 0 Å².